The first-order valence-electron chi connectivity index (χ1n) is 12.4. The second-order valence-electron chi connectivity index (χ2n) is 10.2. The smallest absolute Gasteiger partial charge is 0.381 e. The molecule has 0 radical (unpaired) electrons. The molecule has 3 heterocycles. The average Bonchev–Trinajstić information content (AvgIpc) is 3.43. The zero-order chi connectivity index (χ0) is 22.7. The summed E-state index contributed by atoms with van der Waals surface area (Å²) in [7, 11) is 0. The molecule has 0 amide bonds. The van der Waals surface area contributed by atoms with Gasteiger partial charge in [0.05, 0.1) is 11.2 Å². The maximum atomic E-state index is 13.4. The Bertz CT molecular complexity index is 1040. The van der Waals surface area contributed by atoms with E-state index in [-0.39, 0.29) is 11.5 Å². The molecule has 4 aliphatic rings. The highest BCUT2D eigenvalue weighted by Crippen LogP contribution is 2.62. The van der Waals surface area contributed by atoms with Crippen LogP contribution >= 0.6 is 0 Å². The molecule has 2 fully saturated rings. The summed E-state index contributed by atoms with van der Waals surface area (Å²) in [4.78, 5) is 4.93. The quantitative estimate of drug-likeness (QED) is 0.519. The minimum atomic E-state index is -4.36. The van der Waals surface area contributed by atoms with Crippen molar-refractivity contribution in [2.75, 3.05) is 13.2 Å². The van der Waals surface area contributed by atoms with Crippen molar-refractivity contribution in [3.8, 4) is 0 Å². The third-order valence-electron chi connectivity index (χ3n) is 8.42. The van der Waals surface area contributed by atoms with Crippen molar-refractivity contribution in [2.45, 2.75) is 81.6 Å². The van der Waals surface area contributed by atoms with Gasteiger partial charge in [-0.05, 0) is 80.2 Å². The summed E-state index contributed by atoms with van der Waals surface area (Å²) in [5.41, 5.74) is 4.09. The summed E-state index contributed by atoms with van der Waals surface area (Å²) >= 11 is 0. The van der Waals surface area contributed by atoms with Crippen LogP contribution in [-0.4, -0.2) is 18.2 Å². The number of alkyl halides is 3. The maximum absolute atomic E-state index is 13.4. The fraction of sp³-hybridized carbons (Fsp3) is 0.593. The molecule has 6 rings (SSSR count). The fourth-order valence-electron chi connectivity index (χ4n) is 6.95. The normalized spacial score (nSPS) is 27.0. The molecule has 33 heavy (non-hydrogen) atoms. The van der Waals surface area contributed by atoms with Gasteiger partial charge in [0.15, 0.2) is 0 Å². The Kier molecular flexibility index (Phi) is 5.11. The van der Waals surface area contributed by atoms with Gasteiger partial charge in [-0.1, -0.05) is 25.0 Å². The van der Waals surface area contributed by atoms with Gasteiger partial charge in [0.1, 0.15) is 5.60 Å². The van der Waals surface area contributed by atoms with E-state index in [2.05, 4.69) is 0 Å². The minimum Gasteiger partial charge on any atom is -0.381 e. The van der Waals surface area contributed by atoms with Crippen LogP contribution in [0.2, 0.25) is 0 Å². The predicted molar refractivity (Wildman–Crippen MR) is 118 cm³/mol. The molecule has 176 valence electrons. The van der Waals surface area contributed by atoms with Crippen molar-refractivity contribution in [3.05, 3.63) is 64.0 Å². The lowest BCUT2D eigenvalue weighted by Gasteiger charge is -2.42. The summed E-state index contributed by atoms with van der Waals surface area (Å²) < 4.78 is 53.1. The van der Waals surface area contributed by atoms with Gasteiger partial charge in [-0.25, -0.2) is 0 Å². The molecule has 1 spiro atoms. The Morgan fingerprint density at radius 2 is 1.61 bits per heavy atom. The van der Waals surface area contributed by atoms with Crippen molar-refractivity contribution in [3.63, 3.8) is 0 Å². The highest BCUT2D eigenvalue weighted by molar-refractivity contribution is 5.54. The summed E-state index contributed by atoms with van der Waals surface area (Å²) in [6.07, 6.45) is 7.84. The first kappa shape index (κ1) is 21.6. The Hall–Kier alpha value is -1.92. The van der Waals surface area contributed by atoms with Crippen molar-refractivity contribution in [1.29, 1.82) is 0 Å². The molecular weight excluding hydrogens is 427 g/mol. The largest absolute Gasteiger partial charge is 0.416 e. The third-order valence-corrected chi connectivity index (χ3v) is 8.42. The zero-order valence-corrected chi connectivity index (χ0v) is 18.8. The summed E-state index contributed by atoms with van der Waals surface area (Å²) in [6.45, 7) is 1.30. The molecule has 2 aliphatic heterocycles. The first-order chi connectivity index (χ1) is 15.9. The third kappa shape index (κ3) is 3.28. The van der Waals surface area contributed by atoms with Crippen LogP contribution < -0.4 is 0 Å². The van der Waals surface area contributed by atoms with Gasteiger partial charge in [-0.15, -0.1) is 0 Å². The van der Waals surface area contributed by atoms with Crippen LogP contribution in [0.4, 0.5) is 13.2 Å². The van der Waals surface area contributed by atoms with E-state index in [0.29, 0.717) is 13.2 Å². The van der Waals surface area contributed by atoms with Gasteiger partial charge < -0.3 is 9.47 Å². The molecule has 3 nitrogen and oxygen atoms in total. The predicted octanol–water partition coefficient (Wildman–Crippen LogP) is 6.45. The van der Waals surface area contributed by atoms with Crippen molar-refractivity contribution in [1.82, 2.24) is 4.98 Å². The van der Waals surface area contributed by atoms with Gasteiger partial charge in [-0.3, -0.25) is 4.98 Å². The highest BCUT2D eigenvalue weighted by Gasteiger charge is 2.59. The molecule has 0 bridgehead atoms. The van der Waals surface area contributed by atoms with Gasteiger partial charge in [0.25, 0.3) is 0 Å². The van der Waals surface area contributed by atoms with Gasteiger partial charge in [0.2, 0.25) is 0 Å². The number of halogens is 3. The lowest BCUT2D eigenvalue weighted by molar-refractivity contribution is -0.160. The molecular formula is C27H30F3NO2. The lowest BCUT2D eigenvalue weighted by atomic mass is 9.71. The first-order valence-corrected chi connectivity index (χ1v) is 12.4. The van der Waals surface area contributed by atoms with Crippen LogP contribution in [0.1, 0.15) is 84.9 Å². The van der Waals surface area contributed by atoms with Gasteiger partial charge in [-0.2, -0.15) is 13.2 Å². The molecule has 1 unspecified atom stereocenters. The van der Waals surface area contributed by atoms with E-state index in [4.69, 9.17) is 14.5 Å². The molecule has 0 N–H and O–H groups in total. The number of nitrogens with zero attached hydrogens (tertiary/aromatic N) is 1. The topological polar surface area (TPSA) is 31.4 Å². The van der Waals surface area contributed by atoms with Crippen LogP contribution in [0.15, 0.2) is 30.5 Å². The number of aromatic nitrogens is 1. The molecule has 2 aromatic rings. The number of fused-ring (bicyclic) bond motifs is 4. The molecule has 1 aromatic carbocycles. The van der Waals surface area contributed by atoms with E-state index in [9.17, 15) is 13.2 Å². The lowest BCUT2D eigenvalue weighted by Crippen LogP contribution is -2.42. The Balaban J connectivity index is 1.58. The summed E-state index contributed by atoms with van der Waals surface area (Å²) in [6, 6.07) is 5.72. The standard InChI is InChI=1S/C27H30F3NO2/c28-27(29,30)20-9-7-18(8-10-20)26(19-11-15-32-16-12-19)22-17-31-23-6-2-1-5-21(23)24(22)25(33-26)13-3-4-14-25/h7-10,17,19H,1-6,11-16H2. The van der Waals surface area contributed by atoms with E-state index in [0.717, 1.165) is 75.3 Å². The number of hydrogen-bond donors (Lipinski definition) is 0. The highest BCUT2D eigenvalue weighted by atomic mass is 19.4. The average molecular weight is 458 g/mol. The van der Waals surface area contributed by atoms with E-state index in [1.165, 1.54) is 29.0 Å². The Labute approximate surface area is 192 Å². The molecule has 1 saturated heterocycles. The van der Waals surface area contributed by atoms with Crippen LogP contribution in [0, 0.1) is 5.92 Å². The van der Waals surface area contributed by atoms with E-state index in [1.807, 2.05) is 6.20 Å². The van der Waals surface area contributed by atoms with Crippen molar-refractivity contribution in [2.24, 2.45) is 5.92 Å². The Morgan fingerprint density at radius 3 is 2.30 bits per heavy atom. The molecule has 6 heteroatoms. The number of rotatable bonds is 2. The molecule has 1 aromatic heterocycles. The number of aryl methyl sites for hydroxylation is 1. The van der Waals surface area contributed by atoms with Gasteiger partial charge >= 0.3 is 6.18 Å². The van der Waals surface area contributed by atoms with Crippen molar-refractivity contribution >= 4 is 0 Å². The SMILES string of the molecule is FC(F)(F)c1ccc(C2(C3CCOCC3)OC3(CCCC3)c3c2cnc2c3CCCC2)cc1. The number of pyridine rings is 1. The maximum Gasteiger partial charge on any atom is 0.416 e. The zero-order valence-electron chi connectivity index (χ0n) is 18.8. The van der Waals surface area contributed by atoms with E-state index < -0.39 is 17.3 Å². The second kappa shape index (κ2) is 7.81. The van der Waals surface area contributed by atoms with E-state index >= 15 is 0 Å². The van der Waals surface area contributed by atoms with E-state index in [1.54, 1.807) is 12.1 Å². The summed E-state index contributed by atoms with van der Waals surface area (Å²) in [5.74, 6) is 0.144. The Morgan fingerprint density at radius 1 is 0.909 bits per heavy atom. The fourth-order valence-corrected chi connectivity index (χ4v) is 6.95. The number of benzene rings is 1. The van der Waals surface area contributed by atoms with Gasteiger partial charge in [0, 0.05) is 36.6 Å². The van der Waals surface area contributed by atoms with Crippen LogP contribution in [-0.2, 0) is 39.7 Å². The molecule has 2 aliphatic carbocycles. The van der Waals surface area contributed by atoms with Crippen molar-refractivity contribution < 1.29 is 22.6 Å². The summed E-state index contributed by atoms with van der Waals surface area (Å²) in [5, 5.41) is 0. The minimum absolute atomic E-state index is 0.144. The van der Waals surface area contributed by atoms with Crippen LogP contribution in [0.3, 0.4) is 0 Å². The molecule has 1 saturated carbocycles. The number of ether oxygens (including phenoxy) is 2. The number of hydrogen-bond acceptors (Lipinski definition) is 3. The van der Waals surface area contributed by atoms with Crippen LogP contribution in [0.25, 0.3) is 0 Å². The second-order valence-corrected chi connectivity index (χ2v) is 10.2. The monoisotopic (exact) mass is 457 g/mol. The molecule has 1 atom stereocenters. The van der Waals surface area contributed by atoms with Crippen LogP contribution in [0.5, 0.6) is 0 Å².